The van der Waals surface area contributed by atoms with E-state index in [9.17, 15) is 0 Å². The molecule has 0 aliphatic carbocycles. The SMILES string of the molecule is CC1CCC(CN)CN1C1CCN(c2ccccc2)CC1. The fourth-order valence-electron chi connectivity index (χ4n) is 4.01. The Morgan fingerprint density at radius 1 is 1.05 bits per heavy atom. The van der Waals surface area contributed by atoms with Gasteiger partial charge in [-0.2, -0.15) is 0 Å². The van der Waals surface area contributed by atoms with Crippen molar-refractivity contribution < 1.29 is 0 Å². The second-order valence-corrected chi connectivity index (χ2v) is 6.78. The molecule has 2 atom stereocenters. The van der Waals surface area contributed by atoms with E-state index in [1.54, 1.807) is 0 Å². The van der Waals surface area contributed by atoms with Gasteiger partial charge in [-0.15, -0.1) is 0 Å². The van der Waals surface area contributed by atoms with E-state index in [0.29, 0.717) is 5.92 Å². The van der Waals surface area contributed by atoms with Crippen LogP contribution in [0.4, 0.5) is 5.69 Å². The summed E-state index contributed by atoms with van der Waals surface area (Å²) in [6, 6.07) is 12.3. The second-order valence-electron chi connectivity index (χ2n) is 6.78. The zero-order valence-electron chi connectivity index (χ0n) is 13.2. The Labute approximate surface area is 129 Å². The van der Waals surface area contributed by atoms with E-state index in [1.807, 2.05) is 0 Å². The van der Waals surface area contributed by atoms with Gasteiger partial charge in [0.25, 0.3) is 0 Å². The number of anilines is 1. The van der Waals surface area contributed by atoms with Crippen molar-refractivity contribution >= 4 is 5.69 Å². The van der Waals surface area contributed by atoms with Crippen LogP contribution in [0, 0.1) is 5.92 Å². The maximum absolute atomic E-state index is 5.90. The van der Waals surface area contributed by atoms with Crippen LogP contribution in [-0.4, -0.2) is 43.2 Å². The maximum Gasteiger partial charge on any atom is 0.0366 e. The minimum Gasteiger partial charge on any atom is -0.371 e. The molecule has 2 unspecified atom stereocenters. The van der Waals surface area contributed by atoms with Gasteiger partial charge in [-0.1, -0.05) is 18.2 Å². The Morgan fingerprint density at radius 3 is 2.43 bits per heavy atom. The highest BCUT2D eigenvalue weighted by Gasteiger charge is 2.32. The third kappa shape index (κ3) is 3.41. The number of likely N-dealkylation sites (tertiary alicyclic amines) is 1. The van der Waals surface area contributed by atoms with Gasteiger partial charge in [-0.25, -0.2) is 0 Å². The molecular weight excluding hydrogens is 258 g/mol. The van der Waals surface area contributed by atoms with Crippen molar-refractivity contribution in [1.29, 1.82) is 0 Å². The van der Waals surface area contributed by atoms with E-state index in [-0.39, 0.29) is 0 Å². The second kappa shape index (κ2) is 6.80. The summed E-state index contributed by atoms with van der Waals surface area (Å²) in [5.41, 5.74) is 7.28. The van der Waals surface area contributed by atoms with E-state index in [4.69, 9.17) is 5.73 Å². The van der Waals surface area contributed by atoms with E-state index >= 15 is 0 Å². The molecule has 3 rings (SSSR count). The first-order valence-corrected chi connectivity index (χ1v) is 8.53. The third-order valence-electron chi connectivity index (χ3n) is 5.42. The molecule has 0 radical (unpaired) electrons. The minimum absolute atomic E-state index is 0.716. The first-order chi connectivity index (χ1) is 10.3. The minimum atomic E-state index is 0.716. The number of para-hydroxylation sites is 1. The predicted octanol–water partition coefficient (Wildman–Crippen LogP) is 2.71. The van der Waals surface area contributed by atoms with Crippen molar-refractivity contribution in [2.24, 2.45) is 11.7 Å². The van der Waals surface area contributed by atoms with Crippen LogP contribution in [0.1, 0.15) is 32.6 Å². The molecule has 0 amide bonds. The highest BCUT2D eigenvalue weighted by molar-refractivity contribution is 5.46. The molecule has 2 N–H and O–H groups in total. The van der Waals surface area contributed by atoms with Gasteiger partial charge in [0.05, 0.1) is 0 Å². The summed E-state index contributed by atoms with van der Waals surface area (Å²) in [4.78, 5) is 5.29. The fraction of sp³-hybridized carbons (Fsp3) is 0.667. The Bertz CT molecular complexity index is 425. The summed E-state index contributed by atoms with van der Waals surface area (Å²) in [6.45, 7) is 6.84. The monoisotopic (exact) mass is 287 g/mol. The third-order valence-corrected chi connectivity index (χ3v) is 5.42. The van der Waals surface area contributed by atoms with Gasteiger partial charge in [0.15, 0.2) is 0 Å². The lowest BCUT2D eigenvalue weighted by atomic mass is 9.90. The van der Waals surface area contributed by atoms with Crippen LogP contribution in [0.5, 0.6) is 0 Å². The summed E-state index contributed by atoms with van der Waals surface area (Å²) in [5.74, 6) is 0.716. The average molecular weight is 287 g/mol. The number of benzene rings is 1. The number of piperidine rings is 2. The molecule has 2 fully saturated rings. The number of hydrogen-bond donors (Lipinski definition) is 1. The van der Waals surface area contributed by atoms with Crippen LogP contribution in [-0.2, 0) is 0 Å². The van der Waals surface area contributed by atoms with Crippen molar-refractivity contribution in [3.05, 3.63) is 30.3 Å². The van der Waals surface area contributed by atoms with Crippen LogP contribution in [0.25, 0.3) is 0 Å². The highest BCUT2D eigenvalue weighted by Crippen LogP contribution is 2.29. The quantitative estimate of drug-likeness (QED) is 0.928. The van der Waals surface area contributed by atoms with Crippen LogP contribution in [0.3, 0.4) is 0 Å². The lowest BCUT2D eigenvalue weighted by molar-refractivity contribution is 0.0618. The predicted molar refractivity (Wildman–Crippen MR) is 89.6 cm³/mol. The van der Waals surface area contributed by atoms with Crippen molar-refractivity contribution in [1.82, 2.24) is 4.90 Å². The standard InChI is InChI=1S/C18H29N3/c1-15-7-8-16(13-19)14-21(15)18-9-11-20(12-10-18)17-5-3-2-4-6-17/h2-6,15-16,18H,7-14,19H2,1H3. The van der Waals surface area contributed by atoms with Crippen molar-refractivity contribution in [3.8, 4) is 0 Å². The molecule has 1 aromatic rings. The molecular formula is C18H29N3. The molecule has 0 saturated carbocycles. The molecule has 3 nitrogen and oxygen atoms in total. The van der Waals surface area contributed by atoms with Crippen LogP contribution < -0.4 is 10.6 Å². The Hall–Kier alpha value is -1.06. The maximum atomic E-state index is 5.90. The average Bonchev–Trinajstić information content (AvgIpc) is 2.56. The molecule has 116 valence electrons. The molecule has 0 bridgehead atoms. The molecule has 2 saturated heterocycles. The van der Waals surface area contributed by atoms with Gasteiger partial charge in [0, 0.05) is 37.4 Å². The summed E-state index contributed by atoms with van der Waals surface area (Å²) >= 11 is 0. The smallest absolute Gasteiger partial charge is 0.0366 e. The Kier molecular flexibility index (Phi) is 4.81. The van der Waals surface area contributed by atoms with E-state index in [0.717, 1.165) is 18.6 Å². The summed E-state index contributed by atoms with van der Waals surface area (Å²) in [7, 11) is 0. The number of rotatable bonds is 3. The zero-order chi connectivity index (χ0) is 14.7. The van der Waals surface area contributed by atoms with Crippen molar-refractivity contribution in [2.75, 3.05) is 31.1 Å². The van der Waals surface area contributed by atoms with Gasteiger partial charge in [0.2, 0.25) is 0 Å². The largest absolute Gasteiger partial charge is 0.371 e. The van der Waals surface area contributed by atoms with Crippen molar-refractivity contribution in [3.63, 3.8) is 0 Å². The molecule has 2 heterocycles. The number of nitrogens with zero attached hydrogens (tertiary/aromatic N) is 2. The van der Waals surface area contributed by atoms with Gasteiger partial charge in [-0.05, 0) is 57.2 Å². The van der Waals surface area contributed by atoms with E-state index in [1.165, 1.54) is 51.0 Å². The van der Waals surface area contributed by atoms with Gasteiger partial charge in [-0.3, -0.25) is 4.90 Å². The number of hydrogen-bond acceptors (Lipinski definition) is 3. The molecule has 21 heavy (non-hydrogen) atoms. The Morgan fingerprint density at radius 2 is 1.76 bits per heavy atom. The summed E-state index contributed by atoms with van der Waals surface area (Å²) < 4.78 is 0. The molecule has 2 aliphatic heterocycles. The van der Waals surface area contributed by atoms with Crippen LogP contribution in [0.2, 0.25) is 0 Å². The molecule has 0 aromatic heterocycles. The Balaban J connectivity index is 1.57. The van der Waals surface area contributed by atoms with Crippen LogP contribution >= 0.6 is 0 Å². The first kappa shape index (κ1) is 14.9. The topological polar surface area (TPSA) is 32.5 Å². The van der Waals surface area contributed by atoms with Gasteiger partial charge in [0.1, 0.15) is 0 Å². The molecule has 3 heteroatoms. The van der Waals surface area contributed by atoms with Gasteiger partial charge >= 0.3 is 0 Å². The summed E-state index contributed by atoms with van der Waals surface area (Å²) in [6.07, 6.45) is 5.21. The van der Waals surface area contributed by atoms with Crippen LogP contribution in [0.15, 0.2) is 30.3 Å². The van der Waals surface area contributed by atoms with Crippen molar-refractivity contribution in [2.45, 2.75) is 44.7 Å². The normalized spacial score (nSPS) is 28.8. The lowest BCUT2D eigenvalue weighted by Crippen LogP contribution is -2.52. The van der Waals surface area contributed by atoms with Gasteiger partial charge < -0.3 is 10.6 Å². The molecule has 2 aliphatic rings. The zero-order valence-corrected chi connectivity index (χ0v) is 13.2. The number of nitrogens with two attached hydrogens (primary N) is 1. The molecule has 1 aromatic carbocycles. The lowest BCUT2D eigenvalue weighted by Gasteiger charge is -2.46. The van der Waals surface area contributed by atoms with E-state index < -0.39 is 0 Å². The molecule has 0 spiro atoms. The highest BCUT2D eigenvalue weighted by atomic mass is 15.2. The van der Waals surface area contributed by atoms with E-state index in [2.05, 4.69) is 47.1 Å². The summed E-state index contributed by atoms with van der Waals surface area (Å²) in [5, 5.41) is 0. The first-order valence-electron chi connectivity index (χ1n) is 8.53. The fourth-order valence-corrected chi connectivity index (χ4v) is 4.01.